The number of fused-ring (bicyclic) bond motifs is 1. The number of aromatic nitrogens is 1. The van der Waals surface area contributed by atoms with E-state index in [2.05, 4.69) is 27.8 Å². The van der Waals surface area contributed by atoms with Gasteiger partial charge < -0.3 is 20.4 Å². The molecular formula is C20H23N3O2. The summed E-state index contributed by atoms with van der Waals surface area (Å²) < 4.78 is 5.18. The first-order valence-corrected chi connectivity index (χ1v) is 8.46. The van der Waals surface area contributed by atoms with Gasteiger partial charge in [-0.3, -0.25) is 4.79 Å². The van der Waals surface area contributed by atoms with Crippen LogP contribution in [-0.4, -0.2) is 31.1 Å². The molecule has 5 nitrogen and oxygen atoms in total. The predicted molar refractivity (Wildman–Crippen MR) is 101 cm³/mol. The zero-order chi connectivity index (χ0) is 17.5. The van der Waals surface area contributed by atoms with Crippen molar-refractivity contribution in [3.05, 3.63) is 60.3 Å². The lowest BCUT2D eigenvalue weighted by Crippen LogP contribution is -2.27. The summed E-state index contributed by atoms with van der Waals surface area (Å²) >= 11 is 0. The molecular weight excluding hydrogens is 314 g/mol. The minimum absolute atomic E-state index is 0.0511. The van der Waals surface area contributed by atoms with Crippen molar-refractivity contribution in [2.75, 3.05) is 25.5 Å². The average molecular weight is 337 g/mol. The molecule has 1 amide bonds. The van der Waals surface area contributed by atoms with E-state index < -0.39 is 0 Å². The molecule has 0 aliphatic carbocycles. The largest absolute Gasteiger partial charge is 0.497 e. The fourth-order valence-electron chi connectivity index (χ4n) is 2.82. The van der Waals surface area contributed by atoms with Crippen molar-refractivity contribution in [2.24, 2.45) is 0 Å². The lowest BCUT2D eigenvalue weighted by molar-refractivity contribution is -0.120. The lowest BCUT2D eigenvalue weighted by Gasteiger charge is -2.08. The molecule has 0 unspecified atom stereocenters. The van der Waals surface area contributed by atoms with Crippen molar-refractivity contribution in [3.63, 3.8) is 0 Å². The number of rotatable bonds is 8. The summed E-state index contributed by atoms with van der Waals surface area (Å²) in [6.45, 7) is 1.23. The highest BCUT2D eigenvalue weighted by atomic mass is 16.5. The van der Waals surface area contributed by atoms with Gasteiger partial charge in [0.2, 0.25) is 5.91 Å². The second-order valence-electron chi connectivity index (χ2n) is 5.87. The van der Waals surface area contributed by atoms with E-state index in [9.17, 15) is 4.79 Å². The third-order valence-electron chi connectivity index (χ3n) is 4.14. The third-order valence-corrected chi connectivity index (χ3v) is 4.14. The first-order valence-electron chi connectivity index (χ1n) is 8.46. The molecule has 0 radical (unpaired) electrons. The topological polar surface area (TPSA) is 66.2 Å². The van der Waals surface area contributed by atoms with Crippen molar-refractivity contribution in [1.82, 2.24) is 10.3 Å². The second kappa shape index (κ2) is 8.24. The molecule has 25 heavy (non-hydrogen) atoms. The molecule has 3 rings (SSSR count). The number of hydrogen-bond donors (Lipinski definition) is 3. The molecule has 5 heteroatoms. The van der Waals surface area contributed by atoms with E-state index in [4.69, 9.17) is 4.74 Å². The number of nitrogens with one attached hydrogen (secondary N) is 3. The molecule has 1 aromatic heterocycles. The minimum atomic E-state index is 0.0511. The van der Waals surface area contributed by atoms with Gasteiger partial charge in [-0.2, -0.15) is 0 Å². The number of benzene rings is 2. The molecule has 3 aromatic rings. The normalized spacial score (nSPS) is 10.6. The fourth-order valence-corrected chi connectivity index (χ4v) is 2.82. The van der Waals surface area contributed by atoms with Crippen molar-refractivity contribution in [3.8, 4) is 5.75 Å². The first-order chi connectivity index (χ1) is 12.3. The Bertz CT molecular complexity index is 842. The van der Waals surface area contributed by atoms with Crippen molar-refractivity contribution in [2.45, 2.75) is 12.8 Å². The first kappa shape index (κ1) is 16.9. The monoisotopic (exact) mass is 337 g/mol. The molecule has 0 bridgehead atoms. The third kappa shape index (κ3) is 4.53. The number of para-hydroxylation sites is 1. The minimum Gasteiger partial charge on any atom is -0.497 e. The maximum Gasteiger partial charge on any atom is 0.221 e. The maximum atomic E-state index is 12.0. The Morgan fingerprint density at radius 2 is 2.00 bits per heavy atom. The summed E-state index contributed by atoms with van der Waals surface area (Å²) in [5.41, 5.74) is 3.31. The number of ether oxygens (including phenoxy) is 1. The van der Waals surface area contributed by atoms with Crippen LogP contribution in [0.1, 0.15) is 12.0 Å². The second-order valence-corrected chi connectivity index (χ2v) is 5.87. The van der Waals surface area contributed by atoms with Gasteiger partial charge in [0.25, 0.3) is 0 Å². The average Bonchev–Trinajstić information content (AvgIpc) is 3.05. The van der Waals surface area contributed by atoms with E-state index in [0.29, 0.717) is 19.5 Å². The van der Waals surface area contributed by atoms with Gasteiger partial charge in [-0.25, -0.2) is 0 Å². The van der Waals surface area contributed by atoms with E-state index >= 15 is 0 Å². The summed E-state index contributed by atoms with van der Waals surface area (Å²) in [7, 11) is 1.64. The number of carbonyl (C=O) groups is 1. The highest BCUT2D eigenvalue weighted by Crippen LogP contribution is 2.18. The lowest BCUT2D eigenvalue weighted by atomic mass is 10.1. The van der Waals surface area contributed by atoms with Crippen LogP contribution in [0.15, 0.2) is 54.7 Å². The number of anilines is 1. The predicted octanol–water partition coefficient (Wildman–Crippen LogP) is 3.34. The summed E-state index contributed by atoms with van der Waals surface area (Å²) in [6, 6.07) is 15.9. The van der Waals surface area contributed by atoms with Crippen LogP contribution in [0.3, 0.4) is 0 Å². The smallest absolute Gasteiger partial charge is 0.221 e. The van der Waals surface area contributed by atoms with Crippen LogP contribution in [0.2, 0.25) is 0 Å². The Labute approximate surface area is 147 Å². The van der Waals surface area contributed by atoms with E-state index in [1.165, 1.54) is 10.9 Å². The van der Waals surface area contributed by atoms with Crippen molar-refractivity contribution < 1.29 is 9.53 Å². The number of carbonyl (C=O) groups excluding carboxylic acids is 1. The van der Waals surface area contributed by atoms with Crippen LogP contribution >= 0.6 is 0 Å². The Morgan fingerprint density at radius 3 is 2.88 bits per heavy atom. The molecule has 1 heterocycles. The van der Waals surface area contributed by atoms with Gasteiger partial charge in [0.1, 0.15) is 5.75 Å². The maximum absolute atomic E-state index is 12.0. The zero-order valence-electron chi connectivity index (χ0n) is 14.3. The van der Waals surface area contributed by atoms with E-state index in [-0.39, 0.29) is 5.91 Å². The number of H-pyrrole nitrogens is 1. The molecule has 0 spiro atoms. The van der Waals surface area contributed by atoms with Gasteiger partial charge in [0, 0.05) is 48.4 Å². The summed E-state index contributed by atoms with van der Waals surface area (Å²) in [6.07, 6.45) is 3.27. The van der Waals surface area contributed by atoms with Crippen LogP contribution in [0.25, 0.3) is 10.9 Å². The van der Waals surface area contributed by atoms with Gasteiger partial charge in [-0.05, 0) is 30.2 Å². The highest BCUT2D eigenvalue weighted by molar-refractivity contribution is 5.83. The van der Waals surface area contributed by atoms with Gasteiger partial charge in [-0.15, -0.1) is 0 Å². The quantitative estimate of drug-likeness (QED) is 0.591. The molecule has 0 saturated carbocycles. The summed E-state index contributed by atoms with van der Waals surface area (Å²) in [5, 5.41) is 7.43. The number of methoxy groups -OCH3 is 1. The standard InChI is InChI=1S/C20H23N3O2/c1-25-17-6-4-5-16(13-17)21-12-10-20(24)22-11-9-15-14-23-19-8-3-2-7-18(15)19/h2-8,13-14,21,23H,9-12H2,1H3,(H,22,24). The van der Waals surface area contributed by atoms with Crippen molar-refractivity contribution >= 4 is 22.5 Å². The van der Waals surface area contributed by atoms with E-state index in [1.54, 1.807) is 7.11 Å². The van der Waals surface area contributed by atoms with Crippen LogP contribution in [-0.2, 0) is 11.2 Å². The van der Waals surface area contributed by atoms with Gasteiger partial charge in [0.05, 0.1) is 7.11 Å². The van der Waals surface area contributed by atoms with Gasteiger partial charge >= 0.3 is 0 Å². The molecule has 130 valence electrons. The number of amides is 1. The van der Waals surface area contributed by atoms with Gasteiger partial charge in [-0.1, -0.05) is 24.3 Å². The molecule has 2 aromatic carbocycles. The molecule has 3 N–H and O–H groups in total. The number of aromatic amines is 1. The Hall–Kier alpha value is -2.95. The van der Waals surface area contributed by atoms with Crippen LogP contribution in [0, 0.1) is 0 Å². The Morgan fingerprint density at radius 1 is 1.12 bits per heavy atom. The Balaban J connectivity index is 1.39. The van der Waals surface area contributed by atoms with Crippen LogP contribution in [0.4, 0.5) is 5.69 Å². The van der Waals surface area contributed by atoms with Gasteiger partial charge in [0.15, 0.2) is 0 Å². The fraction of sp³-hybridized carbons (Fsp3) is 0.250. The molecule has 0 aliphatic rings. The summed E-state index contributed by atoms with van der Waals surface area (Å²) in [5.74, 6) is 0.850. The number of hydrogen-bond acceptors (Lipinski definition) is 3. The van der Waals surface area contributed by atoms with Crippen LogP contribution in [0.5, 0.6) is 5.75 Å². The molecule has 0 aliphatic heterocycles. The summed E-state index contributed by atoms with van der Waals surface area (Å²) in [4.78, 5) is 15.2. The highest BCUT2D eigenvalue weighted by Gasteiger charge is 2.05. The van der Waals surface area contributed by atoms with E-state index in [1.807, 2.05) is 42.6 Å². The van der Waals surface area contributed by atoms with Crippen LogP contribution < -0.4 is 15.4 Å². The zero-order valence-corrected chi connectivity index (χ0v) is 14.3. The molecule has 0 fully saturated rings. The van der Waals surface area contributed by atoms with E-state index in [0.717, 1.165) is 23.4 Å². The SMILES string of the molecule is COc1cccc(NCCC(=O)NCCc2c[nH]c3ccccc23)c1. The molecule has 0 atom stereocenters. The van der Waals surface area contributed by atoms with Crippen molar-refractivity contribution in [1.29, 1.82) is 0 Å². The molecule has 0 saturated heterocycles. The Kier molecular flexibility index (Phi) is 5.57.